The summed E-state index contributed by atoms with van der Waals surface area (Å²) in [5, 5.41) is 78.7. The Morgan fingerprint density at radius 2 is 1.65 bits per heavy atom. The molecule has 0 spiro atoms. The summed E-state index contributed by atoms with van der Waals surface area (Å²) >= 11 is 0. The topological polar surface area (TPSA) is 243 Å². The van der Waals surface area contributed by atoms with Crippen LogP contribution in [0.3, 0.4) is 0 Å². The number of methoxy groups -OCH3 is 1. The fraction of sp³-hybridized carbons (Fsp3) is 0.833. The largest absolute Gasteiger partial charge is 0.459 e. The van der Waals surface area contributed by atoms with Gasteiger partial charge >= 0.3 is 5.97 Å². The van der Waals surface area contributed by atoms with Gasteiger partial charge in [-0.3, -0.25) is 9.48 Å². The second-order valence-electron chi connectivity index (χ2n) is 23.1. The van der Waals surface area contributed by atoms with Crippen molar-refractivity contribution in [2.45, 2.75) is 204 Å². The van der Waals surface area contributed by atoms with E-state index < -0.39 is 102 Å². The molecule has 2 aromatic rings. The lowest BCUT2D eigenvalue weighted by Gasteiger charge is -2.51. The Morgan fingerprint density at radius 3 is 2.31 bits per heavy atom. The fourth-order valence-electron chi connectivity index (χ4n) is 12.3. The summed E-state index contributed by atoms with van der Waals surface area (Å²) in [5.74, 6) is -3.13. The lowest BCUT2D eigenvalue weighted by molar-refractivity contribution is -0.302. The van der Waals surface area contributed by atoms with Crippen LogP contribution in [-0.2, 0) is 57.3 Å². The van der Waals surface area contributed by atoms with Crippen molar-refractivity contribution in [3.63, 3.8) is 0 Å². The molecule has 4 fully saturated rings. The molecule has 1 aromatic carbocycles. The van der Waals surface area contributed by atoms with Crippen LogP contribution in [0.1, 0.15) is 106 Å². The molecular formula is C54H92N6O14. The molecule has 0 bridgehead atoms. The van der Waals surface area contributed by atoms with Crippen molar-refractivity contribution >= 4 is 11.7 Å². The van der Waals surface area contributed by atoms with Gasteiger partial charge in [0.1, 0.15) is 49.6 Å². The number of benzene rings is 1. The number of nitrogens with zero attached hydrogens (tertiary/aromatic N) is 6. The number of cyclic esters (lactones) is 1. The maximum absolute atomic E-state index is 14.6. The third-order valence-electron chi connectivity index (χ3n) is 17.0. The van der Waals surface area contributed by atoms with Gasteiger partial charge in [0.15, 0.2) is 6.29 Å². The summed E-state index contributed by atoms with van der Waals surface area (Å²) in [4.78, 5) is 20.7. The lowest BCUT2D eigenvalue weighted by Crippen LogP contribution is -2.62. The molecule has 19 atom stereocenters. The SMILES string of the molecule is CC[C@H]1OC(=O)[C@H](C)[C@@H](C2C[C@@](C)(OC)[C@@H](O)[C@H](C)O2)[C@H](C)[C@@H](O[C@@H]2O[C@H](C)C[C@H](N(C)CCc3cn(CCc4ccc(N5COCO[C@@H](CO)C5)cc4)nn3)[C@H]2O)[C@](C)(O)C[C@@H](C)CN(C)[C@H](C)[C@@H](O)[C@]1(C)O. The Balaban J connectivity index is 1.21. The highest BCUT2D eigenvalue weighted by atomic mass is 16.7. The maximum Gasteiger partial charge on any atom is 0.309 e. The molecule has 74 heavy (non-hydrogen) atoms. The van der Waals surface area contributed by atoms with Crippen molar-refractivity contribution in [1.82, 2.24) is 24.8 Å². The number of hydrogen-bond acceptors (Lipinski definition) is 19. The Kier molecular flexibility index (Phi) is 20.9. The number of aryl methyl sites for hydroxylation is 2. The van der Waals surface area contributed by atoms with E-state index in [9.17, 15) is 35.4 Å². The van der Waals surface area contributed by atoms with Gasteiger partial charge in [-0.1, -0.05) is 45.0 Å². The van der Waals surface area contributed by atoms with Crippen molar-refractivity contribution < 1.29 is 68.6 Å². The number of likely N-dealkylation sites (N-methyl/N-ethyl adjacent to an activating group) is 2. The summed E-state index contributed by atoms with van der Waals surface area (Å²) in [5.41, 5.74) is -1.52. The van der Waals surface area contributed by atoms with E-state index in [2.05, 4.69) is 27.3 Å². The lowest BCUT2D eigenvalue weighted by atomic mass is 9.68. The van der Waals surface area contributed by atoms with Crippen molar-refractivity contribution in [1.29, 1.82) is 0 Å². The minimum atomic E-state index is -1.82. The monoisotopic (exact) mass is 1050 g/mol. The normalized spacial score (nSPS) is 40.8. The highest BCUT2D eigenvalue weighted by Gasteiger charge is 2.55. The van der Waals surface area contributed by atoms with Crippen LogP contribution < -0.4 is 4.90 Å². The zero-order valence-corrected chi connectivity index (χ0v) is 46.4. The van der Waals surface area contributed by atoms with Gasteiger partial charge in [-0.15, -0.1) is 5.10 Å². The van der Waals surface area contributed by atoms with E-state index in [1.807, 2.05) is 81.5 Å². The smallest absolute Gasteiger partial charge is 0.309 e. The molecule has 5 heterocycles. The molecule has 0 amide bonds. The third kappa shape index (κ3) is 14.2. The molecule has 0 saturated carbocycles. The van der Waals surface area contributed by atoms with E-state index in [1.165, 1.54) is 14.0 Å². The summed E-state index contributed by atoms with van der Waals surface area (Å²) < 4.78 is 45.2. The predicted octanol–water partition coefficient (Wildman–Crippen LogP) is 2.75. The molecule has 6 rings (SSSR count). The van der Waals surface area contributed by atoms with Crippen molar-refractivity contribution in [3.8, 4) is 0 Å². The summed E-state index contributed by atoms with van der Waals surface area (Å²) in [6, 6.07) is 7.29. The molecule has 4 aliphatic heterocycles. The quantitative estimate of drug-likeness (QED) is 0.149. The molecular weight excluding hydrogens is 957 g/mol. The number of aliphatic hydroxyl groups is 6. The molecule has 4 saturated heterocycles. The number of anilines is 1. The Hall–Kier alpha value is -2.93. The van der Waals surface area contributed by atoms with Gasteiger partial charge < -0.3 is 78.5 Å². The molecule has 0 radical (unpaired) electrons. The van der Waals surface area contributed by atoms with Crippen LogP contribution in [0.2, 0.25) is 0 Å². The van der Waals surface area contributed by atoms with Gasteiger partial charge in [-0.2, -0.15) is 0 Å². The molecule has 0 aliphatic carbocycles. The van der Waals surface area contributed by atoms with Gasteiger partial charge in [0, 0.05) is 76.0 Å². The number of aromatic nitrogens is 3. The minimum absolute atomic E-state index is 0.0743. The average Bonchev–Trinajstić information content (AvgIpc) is 3.68. The number of carbonyl (C=O) groups is 1. The van der Waals surface area contributed by atoms with E-state index in [0.717, 1.165) is 23.4 Å². The first kappa shape index (κ1) is 60.3. The first-order valence-corrected chi connectivity index (χ1v) is 27.0. The Labute approximate surface area is 439 Å². The third-order valence-corrected chi connectivity index (χ3v) is 17.0. The van der Waals surface area contributed by atoms with Crippen LogP contribution in [0.25, 0.3) is 0 Å². The first-order chi connectivity index (χ1) is 34.8. The van der Waals surface area contributed by atoms with Crippen molar-refractivity contribution in [3.05, 3.63) is 41.7 Å². The summed E-state index contributed by atoms with van der Waals surface area (Å²) in [7, 11) is 5.34. The van der Waals surface area contributed by atoms with E-state index in [0.29, 0.717) is 45.8 Å². The zero-order valence-electron chi connectivity index (χ0n) is 46.4. The molecule has 422 valence electrons. The predicted molar refractivity (Wildman–Crippen MR) is 276 cm³/mol. The average molecular weight is 1050 g/mol. The van der Waals surface area contributed by atoms with Gasteiger partial charge in [-0.05, 0) is 111 Å². The summed E-state index contributed by atoms with van der Waals surface area (Å²) in [6.07, 6.45) is -4.38. The van der Waals surface area contributed by atoms with Crippen LogP contribution in [-0.4, -0.2) is 212 Å². The highest BCUT2D eigenvalue weighted by Crippen LogP contribution is 2.45. The number of rotatable bonds is 14. The van der Waals surface area contributed by atoms with Gasteiger partial charge in [0.05, 0.1) is 53.8 Å². The second kappa shape index (κ2) is 25.7. The molecule has 6 N–H and O–H groups in total. The van der Waals surface area contributed by atoms with E-state index in [4.69, 9.17) is 33.2 Å². The van der Waals surface area contributed by atoms with Gasteiger partial charge in [0.2, 0.25) is 0 Å². The number of esters is 1. The van der Waals surface area contributed by atoms with Gasteiger partial charge in [0.25, 0.3) is 0 Å². The van der Waals surface area contributed by atoms with Crippen LogP contribution >= 0.6 is 0 Å². The van der Waals surface area contributed by atoms with E-state index in [-0.39, 0.29) is 50.8 Å². The van der Waals surface area contributed by atoms with Gasteiger partial charge in [-0.25, -0.2) is 0 Å². The van der Waals surface area contributed by atoms with Crippen LogP contribution in [0.4, 0.5) is 5.69 Å². The summed E-state index contributed by atoms with van der Waals surface area (Å²) in [6.45, 7) is 20.6. The standard InChI is InChI=1S/C54H92N6O14/c1-14-44-54(10,67)47(63)36(6)58(12)26-32(2)24-52(8,66)49(34(4)45(35(5)50(65)73-44)43-25-53(9,68-13)48(64)37(7)72-43)74-51-46(62)42(23-33(3)71-51)57(11)21-20-39-27-60(56-55-39)22-19-38-15-17-40(18-16-38)59-28-41(29-61)70-31-69-30-59/h15-18,27,32-37,41-49,51,61-64,66-67H,14,19-26,28-31H2,1-13H3/t32-,33-,34+,35-,36-,37+,41-,42+,43?,44-,45+,46-,47-,48+,49-,51+,52-,53-,54-/m1/s1. The second-order valence-corrected chi connectivity index (χ2v) is 23.1. The first-order valence-electron chi connectivity index (χ1n) is 27.0. The number of aliphatic hydroxyl groups excluding tert-OH is 4. The molecule has 20 nitrogen and oxygen atoms in total. The number of ether oxygens (including phenoxy) is 7. The minimum Gasteiger partial charge on any atom is -0.459 e. The maximum atomic E-state index is 14.6. The molecule has 4 aliphatic rings. The van der Waals surface area contributed by atoms with Crippen molar-refractivity contribution in [2.24, 2.45) is 23.7 Å². The zero-order chi connectivity index (χ0) is 54.4. The Bertz CT molecular complexity index is 2050. The van der Waals surface area contributed by atoms with Crippen molar-refractivity contribution in [2.75, 3.05) is 65.9 Å². The number of hydrogen-bond donors (Lipinski definition) is 6. The van der Waals surface area contributed by atoms with E-state index in [1.54, 1.807) is 27.7 Å². The highest BCUT2D eigenvalue weighted by molar-refractivity contribution is 5.73. The fourth-order valence-corrected chi connectivity index (χ4v) is 12.3. The van der Waals surface area contributed by atoms with Crippen LogP contribution in [0, 0.1) is 23.7 Å². The van der Waals surface area contributed by atoms with Crippen LogP contribution in [0.15, 0.2) is 30.5 Å². The van der Waals surface area contributed by atoms with E-state index >= 15 is 0 Å². The molecule has 1 aromatic heterocycles. The molecule has 1 unspecified atom stereocenters. The Morgan fingerprint density at radius 1 is 0.946 bits per heavy atom. The van der Waals surface area contributed by atoms with Crippen LogP contribution in [0.5, 0.6) is 0 Å². The number of carbonyl (C=O) groups excluding carboxylic acids is 1. The molecule has 20 heteroatoms.